The molecule has 2 rings (SSSR count). The molecule has 3 N–H and O–H groups in total. The average Bonchev–Trinajstić information content (AvgIpc) is 2.81. The molecule has 0 radical (unpaired) electrons. The van der Waals surface area contributed by atoms with E-state index in [1.807, 2.05) is 11.4 Å². The number of hydrogen-bond donors (Lipinski definition) is 2. The van der Waals surface area contributed by atoms with Crippen LogP contribution in [-0.4, -0.2) is 7.11 Å². The van der Waals surface area contributed by atoms with Crippen LogP contribution in [0.4, 0.5) is 4.39 Å². The molecule has 0 amide bonds. The van der Waals surface area contributed by atoms with E-state index in [1.165, 1.54) is 17.4 Å². The molecule has 0 saturated carbocycles. The molecule has 0 aliphatic rings. The minimum atomic E-state index is -0.461. The maximum Gasteiger partial charge on any atom is 0.134 e. The lowest BCUT2D eigenvalue weighted by molar-refractivity contribution is 0.407. The molecule has 2 aromatic rings. The van der Waals surface area contributed by atoms with E-state index in [0.717, 1.165) is 4.88 Å². The van der Waals surface area contributed by atoms with E-state index >= 15 is 0 Å². The zero-order valence-electron chi connectivity index (χ0n) is 9.61. The van der Waals surface area contributed by atoms with Crippen LogP contribution >= 0.6 is 22.9 Å². The fourth-order valence-electron chi connectivity index (χ4n) is 1.73. The second-order valence-electron chi connectivity index (χ2n) is 3.62. The van der Waals surface area contributed by atoms with Gasteiger partial charge in [0, 0.05) is 10.6 Å². The average molecular weight is 287 g/mol. The molecule has 1 atom stereocenters. The van der Waals surface area contributed by atoms with Gasteiger partial charge in [-0.05, 0) is 23.6 Å². The number of nitrogens with two attached hydrogens (primary N) is 1. The molecule has 18 heavy (non-hydrogen) atoms. The van der Waals surface area contributed by atoms with E-state index in [-0.39, 0.29) is 0 Å². The Labute approximate surface area is 113 Å². The molecule has 3 nitrogen and oxygen atoms in total. The molecule has 6 heteroatoms. The summed E-state index contributed by atoms with van der Waals surface area (Å²) in [6.07, 6.45) is 0. The SMILES string of the molecule is COc1ccsc1C(NN)c1ccc(Cl)cc1F. The van der Waals surface area contributed by atoms with E-state index in [1.54, 1.807) is 19.2 Å². The number of rotatable bonds is 4. The van der Waals surface area contributed by atoms with Crippen LogP contribution in [0.15, 0.2) is 29.6 Å². The topological polar surface area (TPSA) is 47.3 Å². The summed E-state index contributed by atoms with van der Waals surface area (Å²) in [5.74, 6) is 5.80. The van der Waals surface area contributed by atoms with Crippen LogP contribution in [0.1, 0.15) is 16.5 Å². The number of thiophene rings is 1. The van der Waals surface area contributed by atoms with E-state index in [9.17, 15) is 4.39 Å². The van der Waals surface area contributed by atoms with Gasteiger partial charge in [-0.1, -0.05) is 17.7 Å². The van der Waals surface area contributed by atoms with Crippen LogP contribution in [-0.2, 0) is 0 Å². The largest absolute Gasteiger partial charge is 0.496 e. The number of benzene rings is 1. The van der Waals surface area contributed by atoms with Crippen molar-refractivity contribution in [3.63, 3.8) is 0 Å². The Bertz CT molecular complexity index is 547. The maximum absolute atomic E-state index is 13.9. The summed E-state index contributed by atoms with van der Waals surface area (Å²) in [6, 6.07) is 5.86. The van der Waals surface area contributed by atoms with E-state index in [2.05, 4.69) is 5.43 Å². The van der Waals surface area contributed by atoms with Crippen LogP contribution in [0.5, 0.6) is 5.75 Å². The van der Waals surface area contributed by atoms with Crippen LogP contribution in [0, 0.1) is 5.82 Å². The van der Waals surface area contributed by atoms with Crippen molar-refractivity contribution in [1.29, 1.82) is 0 Å². The first-order valence-electron chi connectivity index (χ1n) is 5.19. The quantitative estimate of drug-likeness (QED) is 0.671. The van der Waals surface area contributed by atoms with Gasteiger partial charge < -0.3 is 4.74 Å². The molecule has 1 heterocycles. The molecule has 1 aromatic carbocycles. The fourth-order valence-corrected chi connectivity index (χ4v) is 2.83. The summed E-state index contributed by atoms with van der Waals surface area (Å²) in [5.41, 5.74) is 3.04. The molecule has 1 unspecified atom stereocenters. The van der Waals surface area contributed by atoms with Crippen molar-refractivity contribution in [3.8, 4) is 5.75 Å². The summed E-state index contributed by atoms with van der Waals surface area (Å²) in [7, 11) is 1.57. The van der Waals surface area contributed by atoms with Gasteiger partial charge in [-0.3, -0.25) is 5.84 Å². The zero-order chi connectivity index (χ0) is 13.1. The third kappa shape index (κ3) is 2.49. The van der Waals surface area contributed by atoms with Crippen molar-refractivity contribution >= 4 is 22.9 Å². The van der Waals surface area contributed by atoms with Crippen molar-refractivity contribution in [3.05, 3.63) is 50.9 Å². The molecule has 0 spiro atoms. The van der Waals surface area contributed by atoms with Gasteiger partial charge in [0.15, 0.2) is 0 Å². The van der Waals surface area contributed by atoms with Crippen LogP contribution < -0.4 is 16.0 Å². The van der Waals surface area contributed by atoms with Crippen molar-refractivity contribution in [2.45, 2.75) is 6.04 Å². The molecule has 0 aliphatic carbocycles. The van der Waals surface area contributed by atoms with Crippen molar-refractivity contribution < 1.29 is 9.13 Å². The zero-order valence-corrected chi connectivity index (χ0v) is 11.2. The molecule has 1 aromatic heterocycles. The van der Waals surface area contributed by atoms with Crippen molar-refractivity contribution in [2.75, 3.05) is 7.11 Å². The summed E-state index contributed by atoms with van der Waals surface area (Å²) in [4.78, 5) is 0.821. The van der Waals surface area contributed by atoms with Gasteiger partial charge in [0.05, 0.1) is 18.0 Å². The smallest absolute Gasteiger partial charge is 0.134 e. The number of methoxy groups -OCH3 is 1. The first-order chi connectivity index (χ1) is 8.67. The Morgan fingerprint density at radius 3 is 2.83 bits per heavy atom. The number of hydrogen-bond acceptors (Lipinski definition) is 4. The number of ether oxygens (including phenoxy) is 1. The highest BCUT2D eigenvalue weighted by atomic mass is 35.5. The Hall–Kier alpha value is -1.14. The minimum Gasteiger partial charge on any atom is -0.496 e. The Morgan fingerprint density at radius 1 is 1.44 bits per heavy atom. The second-order valence-corrected chi connectivity index (χ2v) is 5.00. The van der Waals surface area contributed by atoms with Gasteiger partial charge in [0.2, 0.25) is 0 Å². The van der Waals surface area contributed by atoms with Crippen molar-refractivity contribution in [2.24, 2.45) is 5.84 Å². The number of hydrazine groups is 1. The van der Waals surface area contributed by atoms with Gasteiger partial charge in [-0.25, -0.2) is 9.82 Å². The molecule has 0 saturated heterocycles. The first kappa shape index (κ1) is 13.3. The molecule has 96 valence electrons. The normalized spacial score (nSPS) is 12.4. The van der Waals surface area contributed by atoms with Crippen LogP contribution in [0.25, 0.3) is 0 Å². The Morgan fingerprint density at radius 2 is 2.22 bits per heavy atom. The van der Waals surface area contributed by atoms with E-state index in [4.69, 9.17) is 22.2 Å². The van der Waals surface area contributed by atoms with Gasteiger partial charge in [-0.2, -0.15) is 0 Å². The summed E-state index contributed by atoms with van der Waals surface area (Å²) >= 11 is 7.18. The Balaban J connectivity index is 2.45. The number of halogens is 2. The highest BCUT2D eigenvalue weighted by Gasteiger charge is 2.21. The number of nitrogens with one attached hydrogen (secondary N) is 1. The Kier molecular flexibility index (Phi) is 4.19. The lowest BCUT2D eigenvalue weighted by Crippen LogP contribution is -2.29. The highest BCUT2D eigenvalue weighted by Crippen LogP contribution is 2.35. The highest BCUT2D eigenvalue weighted by molar-refractivity contribution is 7.10. The van der Waals surface area contributed by atoms with E-state index < -0.39 is 11.9 Å². The minimum absolute atomic E-state index is 0.352. The van der Waals surface area contributed by atoms with Gasteiger partial charge in [-0.15, -0.1) is 11.3 Å². The van der Waals surface area contributed by atoms with Gasteiger partial charge in [0.1, 0.15) is 11.6 Å². The molecule has 0 fully saturated rings. The van der Waals surface area contributed by atoms with Gasteiger partial charge in [0.25, 0.3) is 0 Å². The first-order valence-corrected chi connectivity index (χ1v) is 6.45. The summed E-state index contributed by atoms with van der Waals surface area (Å²) < 4.78 is 19.1. The van der Waals surface area contributed by atoms with Gasteiger partial charge >= 0.3 is 0 Å². The lowest BCUT2D eigenvalue weighted by atomic mass is 10.0. The van der Waals surface area contributed by atoms with E-state index in [0.29, 0.717) is 16.3 Å². The molecule has 0 aliphatic heterocycles. The predicted octanol–water partition coefficient (Wildman–Crippen LogP) is 3.10. The van der Waals surface area contributed by atoms with Crippen LogP contribution in [0.2, 0.25) is 5.02 Å². The predicted molar refractivity (Wildman–Crippen MR) is 71.4 cm³/mol. The van der Waals surface area contributed by atoms with Crippen LogP contribution in [0.3, 0.4) is 0 Å². The molecular weight excluding hydrogens is 275 g/mol. The maximum atomic E-state index is 13.9. The summed E-state index contributed by atoms with van der Waals surface area (Å²) in [5, 5.41) is 2.22. The third-order valence-corrected chi connectivity index (χ3v) is 3.78. The third-order valence-electron chi connectivity index (χ3n) is 2.58. The second kappa shape index (κ2) is 5.67. The molecular formula is C12H12ClFN2OS. The standard InChI is InChI=1S/C12H12ClFN2OS/c1-17-10-4-5-18-12(10)11(16-15)8-3-2-7(13)6-9(8)14/h2-6,11,16H,15H2,1H3. The monoisotopic (exact) mass is 286 g/mol. The lowest BCUT2D eigenvalue weighted by Gasteiger charge is -2.17. The summed E-state index contributed by atoms with van der Waals surface area (Å²) in [6.45, 7) is 0. The van der Waals surface area contributed by atoms with Crippen molar-refractivity contribution in [1.82, 2.24) is 5.43 Å². The fraction of sp³-hybridized carbons (Fsp3) is 0.167. The molecule has 0 bridgehead atoms.